The molecule has 3 rings (SSSR count). The minimum atomic E-state index is -0.493. The molecule has 134 valence electrons. The molecule has 1 fully saturated rings. The summed E-state index contributed by atoms with van der Waals surface area (Å²) in [5.41, 5.74) is 0.309. The van der Waals surface area contributed by atoms with E-state index in [1.54, 1.807) is 24.5 Å². The molecule has 0 unspecified atom stereocenters. The first-order chi connectivity index (χ1) is 11.8. The van der Waals surface area contributed by atoms with Crippen LogP contribution in [0.15, 0.2) is 24.5 Å². The number of aromatic hydroxyl groups is 1. The molecule has 1 aromatic heterocycles. The van der Waals surface area contributed by atoms with Crippen molar-refractivity contribution in [3.8, 4) is 5.75 Å². The lowest BCUT2D eigenvalue weighted by Crippen LogP contribution is -2.46. The second-order valence-electron chi connectivity index (χ2n) is 7.31. The first kappa shape index (κ1) is 17.3. The fourth-order valence-electron chi connectivity index (χ4n) is 2.99. The Hall–Kier alpha value is -2.57. The summed E-state index contributed by atoms with van der Waals surface area (Å²) in [6.07, 6.45) is 2.79. The second kappa shape index (κ2) is 6.74. The van der Waals surface area contributed by atoms with Crippen LogP contribution in [0.5, 0.6) is 5.75 Å². The van der Waals surface area contributed by atoms with Gasteiger partial charge in [-0.15, -0.1) is 0 Å². The number of hydrogen-bond donors (Lipinski definition) is 2. The van der Waals surface area contributed by atoms with Crippen molar-refractivity contribution in [2.45, 2.75) is 45.3 Å². The highest BCUT2D eigenvalue weighted by molar-refractivity contribution is 5.90. The van der Waals surface area contributed by atoms with Gasteiger partial charge in [-0.3, -0.25) is 0 Å². The summed E-state index contributed by atoms with van der Waals surface area (Å²) < 4.78 is 5.31. The number of nitrogens with one attached hydrogen (secondary N) is 1. The third-order valence-electron chi connectivity index (χ3n) is 4.11. The molecular formula is C18H24N4O3. The largest absolute Gasteiger partial charge is 0.508 e. The van der Waals surface area contributed by atoms with E-state index in [-0.39, 0.29) is 17.9 Å². The van der Waals surface area contributed by atoms with E-state index >= 15 is 0 Å². The predicted molar refractivity (Wildman–Crippen MR) is 95.8 cm³/mol. The second-order valence-corrected chi connectivity index (χ2v) is 7.31. The molecule has 2 aromatic rings. The van der Waals surface area contributed by atoms with Gasteiger partial charge in [0.05, 0.1) is 5.52 Å². The van der Waals surface area contributed by atoms with Gasteiger partial charge < -0.3 is 20.1 Å². The Morgan fingerprint density at radius 3 is 2.68 bits per heavy atom. The van der Waals surface area contributed by atoms with Crippen LogP contribution in [0.4, 0.5) is 10.6 Å². The molecule has 1 aliphatic heterocycles. The summed E-state index contributed by atoms with van der Waals surface area (Å²) in [7, 11) is 0. The monoisotopic (exact) mass is 344 g/mol. The highest BCUT2D eigenvalue weighted by atomic mass is 16.6. The molecule has 1 saturated heterocycles. The fourth-order valence-corrected chi connectivity index (χ4v) is 2.99. The van der Waals surface area contributed by atoms with Crippen LogP contribution in [-0.2, 0) is 4.74 Å². The van der Waals surface area contributed by atoms with E-state index in [0.29, 0.717) is 0 Å². The standard InChI is InChI=1S/C18H24N4O3/c1-18(2,3)25-17(24)21-12-6-8-22(9-7-12)16-14-10-13(23)4-5-15(14)19-11-20-16/h4-5,10-12,23H,6-9H2,1-3H3,(H,21,24). The molecule has 0 spiro atoms. The Kier molecular flexibility index (Phi) is 4.65. The van der Waals surface area contributed by atoms with Crippen molar-refractivity contribution in [2.75, 3.05) is 18.0 Å². The highest BCUT2D eigenvalue weighted by Crippen LogP contribution is 2.28. The van der Waals surface area contributed by atoms with E-state index in [9.17, 15) is 9.90 Å². The van der Waals surface area contributed by atoms with Crippen LogP contribution in [0.1, 0.15) is 33.6 Å². The third kappa shape index (κ3) is 4.29. The summed E-state index contributed by atoms with van der Waals surface area (Å²) in [6, 6.07) is 5.19. The molecule has 0 aliphatic carbocycles. The summed E-state index contributed by atoms with van der Waals surface area (Å²) in [5, 5.41) is 13.5. The molecule has 0 saturated carbocycles. The van der Waals surface area contributed by atoms with Crippen molar-refractivity contribution in [1.82, 2.24) is 15.3 Å². The van der Waals surface area contributed by atoms with Crippen molar-refractivity contribution in [3.05, 3.63) is 24.5 Å². The van der Waals surface area contributed by atoms with Crippen molar-refractivity contribution < 1.29 is 14.6 Å². The lowest BCUT2D eigenvalue weighted by Gasteiger charge is -2.34. The molecule has 1 amide bonds. The van der Waals surface area contributed by atoms with E-state index < -0.39 is 5.60 Å². The van der Waals surface area contributed by atoms with Gasteiger partial charge in [0.1, 0.15) is 23.5 Å². The van der Waals surface area contributed by atoms with Gasteiger partial charge >= 0.3 is 6.09 Å². The number of piperidine rings is 1. The van der Waals surface area contributed by atoms with Gasteiger partial charge in [-0.2, -0.15) is 0 Å². The minimum absolute atomic E-state index is 0.0904. The zero-order chi connectivity index (χ0) is 18.0. The molecule has 0 bridgehead atoms. The number of carbonyl (C=O) groups excluding carboxylic acids is 1. The lowest BCUT2D eigenvalue weighted by atomic mass is 10.0. The molecule has 2 heterocycles. The van der Waals surface area contributed by atoms with E-state index in [0.717, 1.165) is 42.7 Å². The average molecular weight is 344 g/mol. The predicted octanol–water partition coefficient (Wildman–Crippen LogP) is 2.83. The molecule has 7 nitrogen and oxygen atoms in total. The lowest BCUT2D eigenvalue weighted by molar-refractivity contribution is 0.0497. The molecule has 25 heavy (non-hydrogen) atoms. The van der Waals surface area contributed by atoms with Crippen LogP contribution in [0.2, 0.25) is 0 Å². The average Bonchev–Trinajstić information content (AvgIpc) is 2.53. The number of phenols is 1. The van der Waals surface area contributed by atoms with Gasteiger partial charge in [0.15, 0.2) is 0 Å². The van der Waals surface area contributed by atoms with Gasteiger partial charge in [0.2, 0.25) is 0 Å². The maximum atomic E-state index is 11.9. The number of carbonyl (C=O) groups is 1. The summed E-state index contributed by atoms with van der Waals surface area (Å²) in [6.45, 7) is 7.09. The third-order valence-corrected chi connectivity index (χ3v) is 4.11. The van der Waals surface area contributed by atoms with Crippen molar-refractivity contribution in [3.63, 3.8) is 0 Å². The van der Waals surface area contributed by atoms with Crippen molar-refractivity contribution in [2.24, 2.45) is 0 Å². The van der Waals surface area contributed by atoms with E-state index in [2.05, 4.69) is 20.2 Å². The minimum Gasteiger partial charge on any atom is -0.508 e. The van der Waals surface area contributed by atoms with Crippen LogP contribution in [0, 0.1) is 0 Å². The van der Waals surface area contributed by atoms with Gasteiger partial charge in [-0.05, 0) is 51.8 Å². The molecular weight excluding hydrogens is 320 g/mol. The number of amides is 1. The number of hydrogen-bond acceptors (Lipinski definition) is 6. The first-order valence-corrected chi connectivity index (χ1v) is 8.50. The van der Waals surface area contributed by atoms with Crippen LogP contribution < -0.4 is 10.2 Å². The Labute approximate surface area is 147 Å². The zero-order valence-corrected chi connectivity index (χ0v) is 14.8. The van der Waals surface area contributed by atoms with Crippen LogP contribution in [0.25, 0.3) is 10.9 Å². The summed E-state index contributed by atoms with van der Waals surface area (Å²) in [5.74, 6) is 1.02. The number of phenolic OH excluding ortho intramolecular Hbond substituents is 1. The van der Waals surface area contributed by atoms with Gasteiger partial charge in [-0.25, -0.2) is 14.8 Å². The van der Waals surface area contributed by atoms with E-state index in [1.165, 1.54) is 0 Å². The number of rotatable bonds is 2. The number of ether oxygens (including phenoxy) is 1. The quantitative estimate of drug-likeness (QED) is 0.871. The Balaban J connectivity index is 1.65. The molecule has 7 heteroatoms. The van der Waals surface area contributed by atoms with E-state index in [4.69, 9.17) is 4.74 Å². The van der Waals surface area contributed by atoms with Crippen LogP contribution >= 0.6 is 0 Å². The molecule has 0 atom stereocenters. The summed E-state index contributed by atoms with van der Waals surface area (Å²) >= 11 is 0. The maximum Gasteiger partial charge on any atom is 0.407 e. The van der Waals surface area contributed by atoms with E-state index in [1.807, 2.05) is 20.8 Å². The molecule has 0 radical (unpaired) electrons. The van der Waals surface area contributed by atoms with Crippen molar-refractivity contribution >= 4 is 22.8 Å². The number of alkyl carbamates (subject to hydrolysis) is 1. The number of nitrogens with zero attached hydrogens (tertiary/aromatic N) is 3. The van der Waals surface area contributed by atoms with Gasteiger partial charge in [-0.1, -0.05) is 0 Å². The zero-order valence-electron chi connectivity index (χ0n) is 14.8. The normalized spacial score (nSPS) is 16.0. The summed E-state index contributed by atoms with van der Waals surface area (Å²) in [4.78, 5) is 22.7. The van der Waals surface area contributed by atoms with Crippen LogP contribution in [0.3, 0.4) is 0 Å². The molecule has 1 aliphatic rings. The fraction of sp³-hybridized carbons (Fsp3) is 0.500. The Morgan fingerprint density at radius 2 is 2.00 bits per heavy atom. The molecule has 2 N–H and O–H groups in total. The van der Waals surface area contributed by atoms with Gasteiger partial charge in [0, 0.05) is 24.5 Å². The molecule has 1 aromatic carbocycles. The number of aromatic nitrogens is 2. The highest BCUT2D eigenvalue weighted by Gasteiger charge is 2.25. The van der Waals surface area contributed by atoms with Crippen LogP contribution in [-0.4, -0.2) is 45.9 Å². The first-order valence-electron chi connectivity index (χ1n) is 8.50. The SMILES string of the molecule is CC(C)(C)OC(=O)NC1CCN(c2ncnc3ccc(O)cc23)CC1. The topological polar surface area (TPSA) is 87.6 Å². The smallest absolute Gasteiger partial charge is 0.407 e. The Morgan fingerprint density at radius 1 is 1.28 bits per heavy atom. The van der Waals surface area contributed by atoms with Crippen molar-refractivity contribution in [1.29, 1.82) is 0 Å². The maximum absolute atomic E-state index is 11.9. The number of fused-ring (bicyclic) bond motifs is 1. The van der Waals surface area contributed by atoms with Gasteiger partial charge in [0.25, 0.3) is 0 Å². The Bertz CT molecular complexity index is 764. The number of benzene rings is 1. The number of anilines is 1.